The minimum absolute atomic E-state index is 0.00746. The van der Waals surface area contributed by atoms with E-state index in [1.807, 2.05) is 0 Å². The third-order valence-corrected chi connectivity index (χ3v) is 4.02. The fourth-order valence-corrected chi connectivity index (χ4v) is 2.64. The molecule has 3 aromatic rings. The zero-order chi connectivity index (χ0) is 21.2. The maximum atomic E-state index is 13.4. The zero-order valence-electron chi connectivity index (χ0n) is 14.6. The van der Waals surface area contributed by atoms with E-state index in [-0.39, 0.29) is 17.8 Å². The Morgan fingerprint density at radius 2 is 1.76 bits per heavy atom. The van der Waals surface area contributed by atoms with Crippen LogP contribution in [-0.4, -0.2) is 10.5 Å². The summed E-state index contributed by atoms with van der Waals surface area (Å²) < 4.78 is 66.2. The van der Waals surface area contributed by atoms with Gasteiger partial charge in [-0.2, -0.15) is 13.2 Å². The number of alkyl halides is 3. The molecule has 29 heavy (non-hydrogen) atoms. The first kappa shape index (κ1) is 20.2. The summed E-state index contributed by atoms with van der Waals surface area (Å²) in [5, 5.41) is 2.24. The van der Waals surface area contributed by atoms with Crippen molar-refractivity contribution in [1.29, 1.82) is 0 Å². The van der Waals surface area contributed by atoms with Crippen LogP contribution in [0.15, 0.2) is 65.6 Å². The Hall–Kier alpha value is -3.49. The highest BCUT2D eigenvalue weighted by molar-refractivity contribution is 6.04. The second-order valence-electron chi connectivity index (χ2n) is 6.16. The number of pyridine rings is 1. The van der Waals surface area contributed by atoms with E-state index >= 15 is 0 Å². The van der Waals surface area contributed by atoms with E-state index in [1.54, 1.807) is 6.07 Å². The second kappa shape index (κ2) is 7.86. The van der Waals surface area contributed by atoms with Gasteiger partial charge in [-0.1, -0.05) is 12.1 Å². The molecular formula is C20H13F5N2O2. The van der Waals surface area contributed by atoms with Gasteiger partial charge in [0.25, 0.3) is 11.5 Å². The van der Waals surface area contributed by atoms with Crippen LogP contribution in [-0.2, 0) is 12.7 Å². The quantitative estimate of drug-likeness (QED) is 0.649. The highest BCUT2D eigenvalue weighted by atomic mass is 19.4. The number of benzene rings is 2. The average molecular weight is 408 g/mol. The number of aromatic nitrogens is 1. The Morgan fingerprint density at radius 3 is 2.45 bits per heavy atom. The predicted molar refractivity (Wildman–Crippen MR) is 95.6 cm³/mol. The molecule has 0 aliphatic heterocycles. The van der Waals surface area contributed by atoms with Crippen LogP contribution in [0, 0.1) is 11.6 Å². The monoisotopic (exact) mass is 408 g/mol. The minimum atomic E-state index is -4.91. The summed E-state index contributed by atoms with van der Waals surface area (Å²) in [4.78, 5) is 24.4. The highest BCUT2D eigenvalue weighted by Crippen LogP contribution is 2.33. The van der Waals surface area contributed by atoms with Crippen LogP contribution in [0.2, 0.25) is 0 Å². The number of hydrogen-bond donors (Lipinski definition) is 1. The van der Waals surface area contributed by atoms with Gasteiger partial charge in [0.15, 0.2) is 0 Å². The number of carbonyl (C=O) groups excluding carboxylic acids is 1. The van der Waals surface area contributed by atoms with E-state index < -0.39 is 34.8 Å². The first-order valence-electron chi connectivity index (χ1n) is 8.26. The van der Waals surface area contributed by atoms with E-state index in [9.17, 15) is 31.5 Å². The maximum Gasteiger partial charge on any atom is 0.419 e. The van der Waals surface area contributed by atoms with Crippen LogP contribution < -0.4 is 10.9 Å². The van der Waals surface area contributed by atoms with Gasteiger partial charge in [0.2, 0.25) is 0 Å². The number of halogens is 5. The highest BCUT2D eigenvalue weighted by Gasteiger charge is 2.34. The van der Waals surface area contributed by atoms with Gasteiger partial charge in [-0.25, -0.2) is 8.78 Å². The topological polar surface area (TPSA) is 51.1 Å². The van der Waals surface area contributed by atoms with Gasteiger partial charge in [0, 0.05) is 18.0 Å². The third kappa shape index (κ3) is 4.87. The van der Waals surface area contributed by atoms with Crippen molar-refractivity contribution in [3.8, 4) is 0 Å². The summed E-state index contributed by atoms with van der Waals surface area (Å²) in [5.41, 5.74) is -1.75. The number of nitrogens with one attached hydrogen (secondary N) is 1. The van der Waals surface area contributed by atoms with Crippen molar-refractivity contribution in [3.63, 3.8) is 0 Å². The molecule has 9 heteroatoms. The second-order valence-corrected chi connectivity index (χ2v) is 6.16. The van der Waals surface area contributed by atoms with E-state index in [4.69, 9.17) is 0 Å². The normalized spacial score (nSPS) is 11.3. The maximum absolute atomic E-state index is 13.4. The molecule has 0 unspecified atom stereocenters. The molecule has 3 rings (SSSR count). The van der Waals surface area contributed by atoms with Gasteiger partial charge in [-0.3, -0.25) is 9.59 Å². The van der Waals surface area contributed by atoms with Crippen molar-refractivity contribution in [1.82, 2.24) is 4.57 Å². The lowest BCUT2D eigenvalue weighted by Crippen LogP contribution is -2.22. The molecule has 0 radical (unpaired) electrons. The standard InChI is InChI=1S/C20H13F5N2O2/c21-14-3-1-2-12(8-14)10-27-11-13(4-7-18(27)28)19(29)26-15-5-6-17(22)16(9-15)20(23,24)25/h1-9,11H,10H2,(H,26,29). The first-order chi connectivity index (χ1) is 13.6. The van der Waals surface area contributed by atoms with E-state index in [0.29, 0.717) is 17.7 Å². The summed E-state index contributed by atoms with van der Waals surface area (Å²) in [6.45, 7) is -0.00746. The molecule has 2 aromatic carbocycles. The molecule has 0 bridgehead atoms. The Labute approximate surface area is 161 Å². The van der Waals surface area contributed by atoms with Gasteiger partial charge in [0.1, 0.15) is 11.6 Å². The molecule has 1 heterocycles. The van der Waals surface area contributed by atoms with Gasteiger partial charge >= 0.3 is 6.18 Å². The predicted octanol–water partition coefficient (Wildman–Crippen LogP) is 4.45. The number of carbonyl (C=O) groups is 1. The van der Waals surface area contributed by atoms with Gasteiger partial charge < -0.3 is 9.88 Å². The summed E-state index contributed by atoms with van der Waals surface area (Å²) in [7, 11) is 0. The number of amides is 1. The van der Waals surface area contributed by atoms with Crippen LogP contribution in [0.4, 0.5) is 27.6 Å². The van der Waals surface area contributed by atoms with E-state index in [2.05, 4.69) is 5.32 Å². The van der Waals surface area contributed by atoms with Gasteiger partial charge in [-0.15, -0.1) is 0 Å². The fraction of sp³-hybridized carbons (Fsp3) is 0.100. The zero-order valence-corrected chi connectivity index (χ0v) is 14.6. The molecule has 0 aliphatic rings. The molecule has 1 amide bonds. The molecule has 0 spiro atoms. The molecule has 0 saturated carbocycles. The summed E-state index contributed by atoms with van der Waals surface area (Å²) in [5.74, 6) is -2.74. The van der Waals surface area contributed by atoms with E-state index in [0.717, 1.165) is 16.7 Å². The number of rotatable bonds is 4. The van der Waals surface area contributed by atoms with Crippen LogP contribution in [0.25, 0.3) is 0 Å². The smallest absolute Gasteiger partial charge is 0.322 e. The minimum Gasteiger partial charge on any atom is -0.322 e. The number of hydrogen-bond acceptors (Lipinski definition) is 2. The fourth-order valence-electron chi connectivity index (χ4n) is 2.64. The van der Waals surface area contributed by atoms with Crippen molar-refractivity contribution >= 4 is 11.6 Å². The molecular weight excluding hydrogens is 395 g/mol. The molecule has 1 aromatic heterocycles. The summed E-state index contributed by atoms with van der Waals surface area (Å²) >= 11 is 0. The summed E-state index contributed by atoms with van der Waals surface area (Å²) in [6.07, 6.45) is -3.71. The van der Waals surface area contributed by atoms with Crippen molar-refractivity contribution < 1.29 is 26.7 Å². The van der Waals surface area contributed by atoms with Crippen molar-refractivity contribution in [2.45, 2.75) is 12.7 Å². The molecule has 1 N–H and O–H groups in total. The Morgan fingerprint density at radius 1 is 1.00 bits per heavy atom. The van der Waals surface area contributed by atoms with Crippen LogP contribution >= 0.6 is 0 Å². The van der Waals surface area contributed by atoms with Crippen molar-refractivity contribution in [2.75, 3.05) is 5.32 Å². The molecule has 0 saturated heterocycles. The molecule has 4 nitrogen and oxygen atoms in total. The van der Waals surface area contributed by atoms with Crippen LogP contribution in [0.3, 0.4) is 0 Å². The van der Waals surface area contributed by atoms with Crippen LogP contribution in [0.1, 0.15) is 21.5 Å². The Kier molecular flexibility index (Phi) is 5.49. The van der Waals surface area contributed by atoms with Gasteiger partial charge in [0.05, 0.1) is 17.7 Å². The Bertz CT molecular complexity index is 1120. The lowest BCUT2D eigenvalue weighted by Gasteiger charge is -2.12. The molecule has 0 atom stereocenters. The van der Waals surface area contributed by atoms with Gasteiger partial charge in [-0.05, 0) is 42.0 Å². The van der Waals surface area contributed by atoms with Crippen molar-refractivity contribution in [3.05, 3.63) is 99.5 Å². The SMILES string of the molecule is O=C(Nc1ccc(F)c(C(F)(F)F)c1)c1ccc(=O)n(Cc2cccc(F)c2)c1. The third-order valence-electron chi connectivity index (χ3n) is 4.02. The van der Waals surface area contributed by atoms with Crippen molar-refractivity contribution in [2.24, 2.45) is 0 Å². The average Bonchev–Trinajstić information content (AvgIpc) is 2.64. The van der Waals surface area contributed by atoms with Crippen LogP contribution in [0.5, 0.6) is 0 Å². The lowest BCUT2D eigenvalue weighted by molar-refractivity contribution is -0.139. The number of nitrogens with zero attached hydrogens (tertiary/aromatic N) is 1. The molecule has 150 valence electrons. The number of anilines is 1. The largest absolute Gasteiger partial charge is 0.419 e. The first-order valence-corrected chi connectivity index (χ1v) is 8.26. The molecule has 0 aliphatic carbocycles. The summed E-state index contributed by atoms with van der Waals surface area (Å²) in [6, 6.07) is 9.93. The lowest BCUT2D eigenvalue weighted by atomic mass is 10.1. The van der Waals surface area contributed by atoms with E-state index in [1.165, 1.54) is 30.5 Å². The molecule has 0 fully saturated rings. The Balaban J connectivity index is 1.84.